The second kappa shape index (κ2) is 4.21. The average Bonchev–Trinajstić information content (AvgIpc) is 2.66. The molecular formula is C14H12BrN3. The van der Waals surface area contributed by atoms with Crippen molar-refractivity contribution < 1.29 is 0 Å². The topological polar surface area (TPSA) is 30.7 Å². The largest absolute Gasteiger partial charge is 0.229 e. The second-order valence-electron chi connectivity index (χ2n) is 4.26. The quantitative estimate of drug-likeness (QED) is 0.684. The number of aromatic nitrogens is 3. The summed E-state index contributed by atoms with van der Waals surface area (Å²) in [6.07, 6.45) is 0. The van der Waals surface area contributed by atoms with Crippen LogP contribution in [-0.2, 0) is 0 Å². The summed E-state index contributed by atoms with van der Waals surface area (Å²) in [5.74, 6) is 0.847. The fraction of sp³-hybridized carbons (Fsp3) is 0.143. The highest BCUT2D eigenvalue weighted by atomic mass is 79.9. The van der Waals surface area contributed by atoms with Crippen LogP contribution in [0.25, 0.3) is 16.7 Å². The maximum atomic E-state index is 4.64. The Labute approximate surface area is 114 Å². The molecule has 0 aliphatic carbocycles. The maximum absolute atomic E-state index is 4.64. The number of benzene rings is 1. The molecule has 0 radical (unpaired) electrons. The predicted molar refractivity (Wildman–Crippen MR) is 76.0 cm³/mol. The molecule has 3 nitrogen and oxygen atoms in total. The Morgan fingerprint density at radius 1 is 1.06 bits per heavy atom. The third-order valence-electron chi connectivity index (χ3n) is 3.00. The summed E-state index contributed by atoms with van der Waals surface area (Å²) >= 11 is 3.54. The smallest absolute Gasteiger partial charge is 0.154 e. The summed E-state index contributed by atoms with van der Waals surface area (Å²) in [7, 11) is 0. The van der Waals surface area contributed by atoms with E-state index >= 15 is 0 Å². The van der Waals surface area contributed by atoms with Crippen LogP contribution in [0, 0.1) is 13.8 Å². The first-order chi connectivity index (χ1) is 8.66. The molecular weight excluding hydrogens is 290 g/mol. The molecule has 2 aromatic heterocycles. The van der Waals surface area contributed by atoms with E-state index in [-0.39, 0.29) is 0 Å². The maximum Gasteiger partial charge on any atom is 0.154 e. The van der Waals surface area contributed by atoms with Gasteiger partial charge in [-0.15, -0.1) is 0 Å². The van der Waals surface area contributed by atoms with Crippen LogP contribution in [0.4, 0.5) is 0 Å². The van der Waals surface area contributed by atoms with E-state index in [2.05, 4.69) is 38.1 Å². The summed E-state index contributed by atoms with van der Waals surface area (Å²) in [4.78, 5) is 4.64. The molecule has 0 N–H and O–H groups in total. The molecule has 1 aromatic carbocycles. The molecule has 0 saturated carbocycles. The van der Waals surface area contributed by atoms with Gasteiger partial charge in [-0.3, -0.25) is 0 Å². The van der Waals surface area contributed by atoms with Crippen LogP contribution >= 0.6 is 15.9 Å². The van der Waals surface area contributed by atoms with Crippen molar-refractivity contribution in [2.75, 3.05) is 0 Å². The zero-order valence-electron chi connectivity index (χ0n) is 10.2. The van der Waals surface area contributed by atoms with E-state index in [1.54, 1.807) is 0 Å². The lowest BCUT2D eigenvalue weighted by atomic mass is 10.2. The van der Waals surface area contributed by atoms with E-state index in [4.69, 9.17) is 0 Å². The lowest BCUT2D eigenvalue weighted by molar-refractivity contribution is 0.810. The molecule has 18 heavy (non-hydrogen) atoms. The van der Waals surface area contributed by atoms with Crippen LogP contribution in [0.3, 0.4) is 0 Å². The van der Waals surface area contributed by atoms with Crippen molar-refractivity contribution >= 4 is 26.8 Å². The number of nitrogens with zero attached hydrogens (tertiary/aromatic N) is 3. The Morgan fingerprint density at radius 3 is 2.56 bits per heavy atom. The molecule has 0 saturated heterocycles. The Kier molecular flexibility index (Phi) is 2.67. The number of para-hydroxylation sites is 1. The number of pyridine rings is 1. The standard InChI is InChI=1S/C14H12BrN3/c1-9-14(15)10(2)18(17-9)13-8-7-11-5-3-4-6-12(11)16-13/h3-8H,1-2H3. The van der Waals surface area contributed by atoms with Gasteiger partial charge in [0.05, 0.1) is 21.4 Å². The normalized spacial score (nSPS) is 11.1. The van der Waals surface area contributed by atoms with Gasteiger partial charge in [-0.05, 0) is 48.0 Å². The van der Waals surface area contributed by atoms with Gasteiger partial charge < -0.3 is 0 Å². The van der Waals surface area contributed by atoms with Gasteiger partial charge in [-0.2, -0.15) is 5.10 Å². The van der Waals surface area contributed by atoms with Crippen molar-refractivity contribution in [3.05, 3.63) is 52.3 Å². The van der Waals surface area contributed by atoms with Gasteiger partial charge in [0.1, 0.15) is 0 Å². The summed E-state index contributed by atoms with van der Waals surface area (Å²) in [6, 6.07) is 12.2. The molecule has 90 valence electrons. The summed E-state index contributed by atoms with van der Waals surface area (Å²) < 4.78 is 2.91. The summed E-state index contributed by atoms with van der Waals surface area (Å²) in [5, 5.41) is 5.63. The van der Waals surface area contributed by atoms with Gasteiger partial charge in [-0.25, -0.2) is 9.67 Å². The van der Waals surface area contributed by atoms with Gasteiger partial charge in [0.15, 0.2) is 5.82 Å². The third kappa shape index (κ3) is 1.73. The molecule has 3 aromatic rings. The highest BCUT2D eigenvalue weighted by molar-refractivity contribution is 9.10. The van der Waals surface area contributed by atoms with Crippen molar-refractivity contribution in [3.8, 4) is 5.82 Å². The molecule has 4 heteroatoms. The van der Waals surface area contributed by atoms with Gasteiger partial charge in [0.2, 0.25) is 0 Å². The monoisotopic (exact) mass is 301 g/mol. The Hall–Kier alpha value is -1.68. The van der Waals surface area contributed by atoms with Crippen LogP contribution in [-0.4, -0.2) is 14.8 Å². The molecule has 2 heterocycles. The van der Waals surface area contributed by atoms with Crippen molar-refractivity contribution in [2.45, 2.75) is 13.8 Å². The number of rotatable bonds is 1. The predicted octanol–water partition coefficient (Wildman–Crippen LogP) is 3.80. The van der Waals surface area contributed by atoms with Gasteiger partial charge in [0.25, 0.3) is 0 Å². The first-order valence-electron chi connectivity index (χ1n) is 5.75. The van der Waals surface area contributed by atoms with Gasteiger partial charge in [-0.1, -0.05) is 18.2 Å². The molecule has 0 spiro atoms. The summed E-state index contributed by atoms with van der Waals surface area (Å²) in [6.45, 7) is 4.01. The number of hydrogen-bond donors (Lipinski definition) is 0. The first kappa shape index (κ1) is 11.4. The second-order valence-corrected chi connectivity index (χ2v) is 5.05. The molecule has 0 unspecified atom stereocenters. The number of halogens is 1. The minimum absolute atomic E-state index is 0.847. The van der Waals surface area contributed by atoms with E-state index in [0.717, 1.165) is 32.6 Å². The van der Waals surface area contributed by atoms with E-state index in [1.807, 2.05) is 42.8 Å². The molecule has 0 bridgehead atoms. The van der Waals surface area contributed by atoms with Crippen molar-refractivity contribution in [1.82, 2.24) is 14.8 Å². The summed E-state index contributed by atoms with van der Waals surface area (Å²) in [5.41, 5.74) is 3.02. The van der Waals surface area contributed by atoms with E-state index in [9.17, 15) is 0 Å². The van der Waals surface area contributed by atoms with E-state index in [1.165, 1.54) is 0 Å². The Bertz CT molecular complexity index is 731. The lowest BCUT2D eigenvalue weighted by Crippen LogP contribution is -2.01. The number of aryl methyl sites for hydroxylation is 1. The zero-order chi connectivity index (χ0) is 12.7. The average molecular weight is 302 g/mol. The Balaban J connectivity index is 2.22. The highest BCUT2D eigenvalue weighted by Gasteiger charge is 2.11. The van der Waals surface area contributed by atoms with Crippen LogP contribution in [0.5, 0.6) is 0 Å². The van der Waals surface area contributed by atoms with Crippen LogP contribution in [0.2, 0.25) is 0 Å². The van der Waals surface area contributed by atoms with E-state index < -0.39 is 0 Å². The molecule has 0 fully saturated rings. The Morgan fingerprint density at radius 2 is 1.83 bits per heavy atom. The zero-order valence-corrected chi connectivity index (χ0v) is 11.8. The number of hydrogen-bond acceptors (Lipinski definition) is 2. The van der Waals surface area contributed by atoms with Crippen molar-refractivity contribution in [3.63, 3.8) is 0 Å². The van der Waals surface area contributed by atoms with Gasteiger partial charge >= 0.3 is 0 Å². The van der Waals surface area contributed by atoms with Crippen LogP contribution in [0.1, 0.15) is 11.4 Å². The van der Waals surface area contributed by atoms with Crippen LogP contribution in [0.15, 0.2) is 40.9 Å². The molecule has 0 amide bonds. The minimum Gasteiger partial charge on any atom is -0.229 e. The van der Waals surface area contributed by atoms with E-state index in [0.29, 0.717) is 0 Å². The van der Waals surface area contributed by atoms with Crippen molar-refractivity contribution in [1.29, 1.82) is 0 Å². The molecule has 0 aliphatic rings. The highest BCUT2D eigenvalue weighted by Crippen LogP contribution is 2.23. The fourth-order valence-electron chi connectivity index (χ4n) is 2.02. The molecule has 0 aliphatic heterocycles. The SMILES string of the molecule is Cc1nn(-c2ccc3ccccc3n2)c(C)c1Br. The third-order valence-corrected chi connectivity index (χ3v) is 4.15. The number of fused-ring (bicyclic) bond motifs is 1. The van der Waals surface area contributed by atoms with Crippen molar-refractivity contribution in [2.24, 2.45) is 0 Å². The molecule has 3 rings (SSSR count). The fourth-order valence-corrected chi connectivity index (χ4v) is 2.27. The van der Waals surface area contributed by atoms with Crippen LogP contribution < -0.4 is 0 Å². The van der Waals surface area contributed by atoms with Gasteiger partial charge in [0, 0.05) is 5.39 Å². The minimum atomic E-state index is 0.847. The lowest BCUT2D eigenvalue weighted by Gasteiger charge is -2.04. The first-order valence-corrected chi connectivity index (χ1v) is 6.54. The molecule has 0 atom stereocenters.